The smallest absolute Gasteiger partial charge is 0.158 e. The lowest BCUT2D eigenvalue weighted by Crippen LogP contribution is -2.20. The normalized spacial score (nSPS) is 23.7. The predicted octanol–water partition coefficient (Wildman–Crippen LogP) is 2.18. The third-order valence-corrected chi connectivity index (χ3v) is 3.83. The second-order valence-corrected chi connectivity index (χ2v) is 5.25. The fourth-order valence-electron chi connectivity index (χ4n) is 2.48. The van der Waals surface area contributed by atoms with Crippen molar-refractivity contribution < 1.29 is 0 Å². The quantitative estimate of drug-likeness (QED) is 0.816. The highest BCUT2D eigenvalue weighted by Crippen LogP contribution is 2.29. The van der Waals surface area contributed by atoms with Crippen molar-refractivity contribution in [2.75, 3.05) is 0 Å². The van der Waals surface area contributed by atoms with E-state index >= 15 is 0 Å². The number of fused-ring (bicyclic) bond motifs is 1. The van der Waals surface area contributed by atoms with Crippen LogP contribution in [0.1, 0.15) is 25.2 Å². The van der Waals surface area contributed by atoms with Gasteiger partial charge in [-0.05, 0) is 30.7 Å². The number of hydrogen-bond acceptors (Lipinski definition) is 2. The molecule has 17 heavy (non-hydrogen) atoms. The SMILES string of the molecule is CC1Cc2nc(-c3ccn(C)n3)[nH]c2CC1C. The number of imidazole rings is 1. The van der Waals surface area contributed by atoms with E-state index in [9.17, 15) is 0 Å². The Morgan fingerprint density at radius 1 is 1.29 bits per heavy atom. The number of aromatic nitrogens is 4. The summed E-state index contributed by atoms with van der Waals surface area (Å²) in [5.74, 6) is 2.37. The third-order valence-electron chi connectivity index (χ3n) is 3.83. The highest BCUT2D eigenvalue weighted by Gasteiger charge is 2.25. The number of aromatic amines is 1. The zero-order valence-electron chi connectivity index (χ0n) is 10.6. The van der Waals surface area contributed by atoms with Crippen molar-refractivity contribution in [1.82, 2.24) is 19.7 Å². The molecule has 2 aromatic heterocycles. The van der Waals surface area contributed by atoms with Crippen LogP contribution in [-0.4, -0.2) is 19.7 Å². The lowest BCUT2D eigenvalue weighted by molar-refractivity contribution is 0.355. The van der Waals surface area contributed by atoms with Crippen LogP contribution in [0.25, 0.3) is 11.5 Å². The van der Waals surface area contributed by atoms with Gasteiger partial charge in [0.2, 0.25) is 0 Å². The molecule has 0 spiro atoms. The molecular formula is C13H18N4. The van der Waals surface area contributed by atoms with Crippen LogP contribution in [0.3, 0.4) is 0 Å². The molecule has 0 bridgehead atoms. The standard InChI is InChI=1S/C13H18N4/c1-8-6-11-12(7-9(8)2)15-13(14-11)10-4-5-17(3)16-10/h4-5,8-9H,6-7H2,1-3H3,(H,14,15). The molecule has 1 aliphatic rings. The Kier molecular flexibility index (Phi) is 2.31. The van der Waals surface area contributed by atoms with Crippen LogP contribution in [-0.2, 0) is 19.9 Å². The average molecular weight is 230 g/mol. The third kappa shape index (κ3) is 1.77. The van der Waals surface area contributed by atoms with Gasteiger partial charge in [0.15, 0.2) is 5.82 Å². The summed E-state index contributed by atoms with van der Waals surface area (Å²) in [4.78, 5) is 8.12. The minimum atomic E-state index is 0.724. The summed E-state index contributed by atoms with van der Waals surface area (Å²) in [6.45, 7) is 4.62. The number of nitrogens with one attached hydrogen (secondary N) is 1. The van der Waals surface area contributed by atoms with Crippen LogP contribution in [0.15, 0.2) is 12.3 Å². The van der Waals surface area contributed by atoms with Crippen LogP contribution in [0.4, 0.5) is 0 Å². The first-order valence-electron chi connectivity index (χ1n) is 6.21. The van der Waals surface area contributed by atoms with E-state index < -0.39 is 0 Å². The highest BCUT2D eigenvalue weighted by atomic mass is 15.3. The Labute approximate surface area is 101 Å². The van der Waals surface area contributed by atoms with Crippen molar-refractivity contribution in [3.8, 4) is 11.5 Å². The fraction of sp³-hybridized carbons (Fsp3) is 0.538. The summed E-state index contributed by atoms with van der Waals surface area (Å²) in [5, 5.41) is 4.39. The van der Waals surface area contributed by atoms with Gasteiger partial charge in [0.1, 0.15) is 5.69 Å². The Balaban J connectivity index is 1.97. The van der Waals surface area contributed by atoms with Crippen molar-refractivity contribution in [3.05, 3.63) is 23.7 Å². The van der Waals surface area contributed by atoms with Gasteiger partial charge >= 0.3 is 0 Å². The van der Waals surface area contributed by atoms with Gasteiger partial charge in [-0.3, -0.25) is 4.68 Å². The summed E-state index contributed by atoms with van der Waals surface area (Å²) in [5.41, 5.74) is 3.47. The summed E-state index contributed by atoms with van der Waals surface area (Å²) in [6, 6.07) is 2.00. The molecule has 1 N–H and O–H groups in total. The van der Waals surface area contributed by atoms with Gasteiger partial charge in [0.25, 0.3) is 0 Å². The Morgan fingerprint density at radius 2 is 2.06 bits per heavy atom. The van der Waals surface area contributed by atoms with Crippen LogP contribution >= 0.6 is 0 Å². The molecular weight excluding hydrogens is 212 g/mol. The molecule has 0 radical (unpaired) electrons. The molecule has 0 fully saturated rings. The molecule has 0 aromatic carbocycles. The molecule has 2 unspecified atom stereocenters. The van der Waals surface area contributed by atoms with E-state index in [1.165, 1.54) is 11.4 Å². The summed E-state index contributed by atoms with van der Waals surface area (Å²) < 4.78 is 1.81. The minimum absolute atomic E-state index is 0.724. The van der Waals surface area contributed by atoms with Crippen LogP contribution in [0, 0.1) is 11.8 Å². The maximum atomic E-state index is 4.69. The Hall–Kier alpha value is -1.58. The van der Waals surface area contributed by atoms with Gasteiger partial charge in [-0.25, -0.2) is 4.98 Å². The van der Waals surface area contributed by atoms with Crippen LogP contribution < -0.4 is 0 Å². The van der Waals surface area contributed by atoms with E-state index in [0.29, 0.717) is 0 Å². The maximum absolute atomic E-state index is 4.69. The molecule has 0 amide bonds. The summed E-state index contributed by atoms with van der Waals surface area (Å²) in [7, 11) is 1.93. The van der Waals surface area contributed by atoms with Crippen molar-refractivity contribution in [3.63, 3.8) is 0 Å². The van der Waals surface area contributed by atoms with Crippen LogP contribution in [0.2, 0.25) is 0 Å². The van der Waals surface area contributed by atoms with Gasteiger partial charge < -0.3 is 4.98 Å². The van der Waals surface area contributed by atoms with Crippen molar-refractivity contribution >= 4 is 0 Å². The molecule has 3 rings (SSSR count). The molecule has 1 aliphatic carbocycles. The number of rotatable bonds is 1. The molecule has 0 saturated carbocycles. The average Bonchev–Trinajstić information content (AvgIpc) is 2.85. The molecule has 2 aromatic rings. The van der Waals surface area contributed by atoms with E-state index in [-0.39, 0.29) is 0 Å². The van der Waals surface area contributed by atoms with E-state index in [4.69, 9.17) is 0 Å². The van der Waals surface area contributed by atoms with E-state index in [1.807, 2.05) is 24.0 Å². The second-order valence-electron chi connectivity index (χ2n) is 5.25. The first-order valence-corrected chi connectivity index (χ1v) is 6.21. The zero-order valence-corrected chi connectivity index (χ0v) is 10.6. The van der Waals surface area contributed by atoms with Crippen molar-refractivity contribution in [1.29, 1.82) is 0 Å². The fourth-order valence-corrected chi connectivity index (χ4v) is 2.48. The lowest BCUT2D eigenvalue weighted by atomic mass is 9.82. The Morgan fingerprint density at radius 3 is 2.76 bits per heavy atom. The molecule has 0 saturated heterocycles. The molecule has 0 aliphatic heterocycles. The lowest BCUT2D eigenvalue weighted by Gasteiger charge is -2.24. The van der Waals surface area contributed by atoms with Gasteiger partial charge in [-0.15, -0.1) is 0 Å². The highest BCUT2D eigenvalue weighted by molar-refractivity contribution is 5.50. The van der Waals surface area contributed by atoms with Gasteiger partial charge in [0, 0.05) is 18.9 Å². The van der Waals surface area contributed by atoms with E-state index in [1.54, 1.807) is 0 Å². The van der Waals surface area contributed by atoms with E-state index in [2.05, 4.69) is 28.9 Å². The van der Waals surface area contributed by atoms with Gasteiger partial charge in [0.05, 0.1) is 5.69 Å². The molecule has 4 nitrogen and oxygen atoms in total. The second kappa shape index (κ2) is 3.72. The maximum Gasteiger partial charge on any atom is 0.158 e. The monoisotopic (exact) mass is 230 g/mol. The first-order chi connectivity index (χ1) is 8.13. The largest absolute Gasteiger partial charge is 0.340 e. The minimum Gasteiger partial charge on any atom is -0.340 e. The number of H-pyrrole nitrogens is 1. The van der Waals surface area contributed by atoms with Gasteiger partial charge in [-0.1, -0.05) is 13.8 Å². The van der Waals surface area contributed by atoms with Crippen LogP contribution in [0.5, 0.6) is 0 Å². The topological polar surface area (TPSA) is 46.5 Å². The molecule has 4 heteroatoms. The number of hydrogen-bond donors (Lipinski definition) is 1. The zero-order chi connectivity index (χ0) is 12.0. The van der Waals surface area contributed by atoms with E-state index in [0.717, 1.165) is 36.2 Å². The molecule has 2 atom stereocenters. The summed E-state index contributed by atoms with van der Waals surface area (Å²) in [6.07, 6.45) is 4.14. The van der Waals surface area contributed by atoms with Gasteiger partial charge in [-0.2, -0.15) is 5.10 Å². The molecule has 2 heterocycles. The number of nitrogens with zero attached hydrogens (tertiary/aromatic N) is 3. The van der Waals surface area contributed by atoms with Crippen molar-refractivity contribution in [2.24, 2.45) is 18.9 Å². The first kappa shape index (κ1) is 10.6. The van der Waals surface area contributed by atoms with Crippen molar-refractivity contribution in [2.45, 2.75) is 26.7 Å². The molecule has 90 valence electrons. The Bertz CT molecular complexity index is 510. The predicted molar refractivity (Wildman–Crippen MR) is 66.5 cm³/mol. The summed E-state index contributed by atoms with van der Waals surface area (Å²) >= 11 is 0. The number of aryl methyl sites for hydroxylation is 1.